The second kappa shape index (κ2) is 12.9. The molecule has 3 aliphatic rings. The molecule has 0 spiro atoms. The summed E-state index contributed by atoms with van der Waals surface area (Å²) in [4.78, 5) is 35.8. The molecule has 3 aliphatic heterocycles. The average Bonchev–Trinajstić information content (AvgIpc) is 3.74. The SMILES string of the molecule is C[C@@H]1Cc2ccccc2CN1C(=O)c1cc2c(cc1-c1cc(C(=O)N(c3ccc(O)cc3)c3ccc4c(ccn4C)c3)c3n1CCN(C)C3)OCCO2. The van der Waals surface area contributed by atoms with Crippen LogP contribution in [0.2, 0.25) is 0 Å². The Morgan fingerprint density at radius 3 is 2.32 bits per heavy atom. The maximum Gasteiger partial charge on any atom is 0.264 e. The molecule has 0 fully saturated rings. The lowest BCUT2D eigenvalue weighted by Crippen LogP contribution is -2.42. The van der Waals surface area contributed by atoms with E-state index in [0.717, 1.165) is 40.8 Å². The first-order valence-electron chi connectivity index (χ1n) is 18.1. The zero-order valence-corrected chi connectivity index (χ0v) is 30.1. The van der Waals surface area contributed by atoms with Crippen LogP contribution in [-0.4, -0.2) is 68.7 Å². The Labute approximate surface area is 308 Å². The minimum Gasteiger partial charge on any atom is -0.508 e. The summed E-state index contributed by atoms with van der Waals surface area (Å²) in [6.07, 6.45) is 2.78. The highest BCUT2D eigenvalue weighted by Gasteiger charge is 2.34. The molecular formula is C43H41N5O5. The molecule has 10 nitrogen and oxygen atoms in total. The van der Waals surface area contributed by atoms with Gasteiger partial charge in [-0.25, -0.2) is 0 Å². The number of aromatic hydroxyl groups is 1. The van der Waals surface area contributed by atoms with E-state index in [9.17, 15) is 9.90 Å². The van der Waals surface area contributed by atoms with Gasteiger partial charge in [0, 0.05) is 79.0 Å². The van der Waals surface area contributed by atoms with Gasteiger partial charge in [-0.2, -0.15) is 0 Å². The Morgan fingerprint density at radius 2 is 1.53 bits per heavy atom. The van der Waals surface area contributed by atoms with Gasteiger partial charge in [0.1, 0.15) is 19.0 Å². The number of phenolic OH excluding ortho intramolecular Hbond substituents is 1. The summed E-state index contributed by atoms with van der Waals surface area (Å²) in [5.74, 6) is 0.954. The average molecular weight is 708 g/mol. The van der Waals surface area contributed by atoms with Gasteiger partial charge in [-0.3, -0.25) is 19.4 Å². The van der Waals surface area contributed by atoms with Crippen LogP contribution in [-0.2, 0) is 33.1 Å². The third kappa shape index (κ3) is 5.70. The molecule has 5 heterocycles. The lowest BCUT2D eigenvalue weighted by molar-refractivity contribution is 0.0657. The molecule has 53 heavy (non-hydrogen) atoms. The number of likely N-dealkylation sites (N-methyl/N-ethyl adjacent to an activating group) is 1. The van der Waals surface area contributed by atoms with Crippen molar-refractivity contribution in [2.45, 2.75) is 39.0 Å². The van der Waals surface area contributed by atoms with E-state index in [4.69, 9.17) is 9.47 Å². The maximum atomic E-state index is 15.2. The summed E-state index contributed by atoms with van der Waals surface area (Å²) in [6.45, 7) is 5.40. The maximum absolute atomic E-state index is 15.2. The third-order valence-electron chi connectivity index (χ3n) is 11.0. The normalized spacial score (nSPS) is 16.7. The zero-order chi connectivity index (χ0) is 36.4. The predicted molar refractivity (Wildman–Crippen MR) is 204 cm³/mol. The van der Waals surface area contributed by atoms with Crippen LogP contribution in [0.3, 0.4) is 0 Å². The topological polar surface area (TPSA) is 92.4 Å². The summed E-state index contributed by atoms with van der Waals surface area (Å²) in [5.41, 5.74) is 8.23. The van der Waals surface area contributed by atoms with Crippen LogP contribution < -0.4 is 14.4 Å². The van der Waals surface area contributed by atoms with Crippen LogP contribution in [0.1, 0.15) is 44.5 Å². The van der Waals surface area contributed by atoms with E-state index in [2.05, 4.69) is 41.6 Å². The number of rotatable bonds is 5. The first-order valence-corrected chi connectivity index (χ1v) is 18.1. The fourth-order valence-corrected chi connectivity index (χ4v) is 8.13. The molecule has 1 N–H and O–H groups in total. The molecule has 0 unspecified atom stereocenters. The number of anilines is 2. The summed E-state index contributed by atoms with van der Waals surface area (Å²) in [7, 11) is 4.05. The first kappa shape index (κ1) is 32.9. The molecule has 0 bridgehead atoms. The van der Waals surface area contributed by atoms with Gasteiger partial charge in [-0.05, 0) is 98.2 Å². The molecule has 10 heteroatoms. The molecule has 6 aromatic rings. The molecule has 1 atom stereocenters. The van der Waals surface area contributed by atoms with E-state index in [1.807, 2.05) is 71.2 Å². The summed E-state index contributed by atoms with van der Waals surface area (Å²) in [6, 6.07) is 28.7. The van der Waals surface area contributed by atoms with Gasteiger partial charge in [0.25, 0.3) is 11.8 Å². The number of ether oxygens (including phenoxy) is 2. The third-order valence-corrected chi connectivity index (χ3v) is 11.0. The predicted octanol–water partition coefficient (Wildman–Crippen LogP) is 7.13. The molecule has 0 radical (unpaired) electrons. The quantitative estimate of drug-likeness (QED) is 0.205. The number of amides is 2. The highest BCUT2D eigenvalue weighted by atomic mass is 16.6. The summed E-state index contributed by atoms with van der Waals surface area (Å²) >= 11 is 0. The molecule has 268 valence electrons. The number of hydrogen-bond donors (Lipinski definition) is 1. The van der Waals surface area contributed by atoms with E-state index >= 15 is 4.79 Å². The Kier molecular flexibility index (Phi) is 8.00. The number of benzene rings is 4. The number of aromatic nitrogens is 2. The van der Waals surface area contributed by atoms with Crippen LogP contribution in [0.25, 0.3) is 22.2 Å². The highest BCUT2D eigenvalue weighted by Crippen LogP contribution is 2.42. The molecule has 4 aromatic carbocycles. The Morgan fingerprint density at radius 1 is 0.792 bits per heavy atom. The van der Waals surface area contributed by atoms with Crippen molar-refractivity contribution >= 4 is 34.1 Å². The van der Waals surface area contributed by atoms with Crippen molar-refractivity contribution in [1.29, 1.82) is 0 Å². The smallest absolute Gasteiger partial charge is 0.264 e. The van der Waals surface area contributed by atoms with Gasteiger partial charge >= 0.3 is 0 Å². The van der Waals surface area contributed by atoms with Crippen molar-refractivity contribution in [3.63, 3.8) is 0 Å². The Bertz CT molecular complexity index is 2410. The summed E-state index contributed by atoms with van der Waals surface area (Å²) in [5, 5.41) is 11.2. The standard InChI is InChI=1S/C43H41N5O5/c1-27-20-28-6-4-5-7-30(28)25-47(27)42(50)35-24-41-40(52-18-19-53-41)23-34(35)38-22-36(39-26-44(2)16-17-46(38)39)43(51)48(31-8-11-33(49)12-9-31)32-10-13-37-29(21-32)14-15-45(37)3/h4-15,21-24,27,49H,16-20,25-26H2,1-3H3/t27-/m1/s1. The minimum atomic E-state index is -0.206. The number of nitrogens with zero attached hydrogens (tertiary/aromatic N) is 5. The van der Waals surface area contributed by atoms with Gasteiger partial charge in [0.05, 0.1) is 16.8 Å². The van der Waals surface area contributed by atoms with E-state index in [0.29, 0.717) is 72.4 Å². The van der Waals surface area contributed by atoms with E-state index in [1.54, 1.807) is 29.2 Å². The minimum absolute atomic E-state index is 0.00806. The van der Waals surface area contributed by atoms with Crippen molar-refractivity contribution < 1.29 is 24.2 Å². The van der Waals surface area contributed by atoms with Crippen LogP contribution in [0.4, 0.5) is 11.4 Å². The number of fused-ring (bicyclic) bond motifs is 4. The number of aryl methyl sites for hydroxylation is 1. The summed E-state index contributed by atoms with van der Waals surface area (Å²) < 4.78 is 16.4. The molecule has 9 rings (SSSR count). The fraction of sp³-hybridized carbons (Fsp3) is 0.256. The van der Waals surface area contributed by atoms with E-state index in [1.165, 1.54) is 5.56 Å². The fourth-order valence-electron chi connectivity index (χ4n) is 8.13. The van der Waals surface area contributed by atoms with Crippen molar-refractivity contribution in [2.75, 3.05) is 31.7 Å². The number of hydrogen-bond acceptors (Lipinski definition) is 6. The van der Waals surface area contributed by atoms with Crippen molar-refractivity contribution in [3.8, 4) is 28.5 Å². The van der Waals surface area contributed by atoms with E-state index in [-0.39, 0.29) is 23.6 Å². The van der Waals surface area contributed by atoms with Crippen LogP contribution in [0, 0.1) is 0 Å². The first-order chi connectivity index (χ1) is 25.7. The van der Waals surface area contributed by atoms with Gasteiger partial charge in [0.2, 0.25) is 0 Å². The van der Waals surface area contributed by atoms with Crippen molar-refractivity contribution in [2.24, 2.45) is 7.05 Å². The molecular weight excluding hydrogens is 667 g/mol. The van der Waals surface area contributed by atoms with Crippen molar-refractivity contribution in [1.82, 2.24) is 18.9 Å². The molecule has 0 saturated heterocycles. The lowest BCUT2D eigenvalue weighted by atomic mass is 9.93. The Hall–Kier alpha value is -6.00. The van der Waals surface area contributed by atoms with Gasteiger partial charge in [0.15, 0.2) is 11.5 Å². The van der Waals surface area contributed by atoms with Gasteiger partial charge in [-0.15, -0.1) is 0 Å². The molecule has 0 aliphatic carbocycles. The van der Waals surface area contributed by atoms with Crippen LogP contribution >= 0.6 is 0 Å². The number of phenols is 1. The van der Waals surface area contributed by atoms with E-state index < -0.39 is 0 Å². The van der Waals surface area contributed by atoms with Gasteiger partial charge < -0.3 is 28.6 Å². The van der Waals surface area contributed by atoms with Crippen molar-refractivity contribution in [3.05, 3.63) is 125 Å². The van der Waals surface area contributed by atoms with Crippen LogP contribution in [0.5, 0.6) is 17.2 Å². The molecule has 2 aromatic heterocycles. The van der Waals surface area contributed by atoms with Crippen LogP contribution in [0.15, 0.2) is 97.2 Å². The number of carbonyl (C=O) groups excluding carboxylic acids is 2. The highest BCUT2D eigenvalue weighted by molar-refractivity contribution is 6.13. The largest absolute Gasteiger partial charge is 0.508 e. The molecule has 0 saturated carbocycles. The Balaban J connectivity index is 1.20. The monoisotopic (exact) mass is 707 g/mol. The molecule has 2 amide bonds. The lowest BCUT2D eigenvalue weighted by Gasteiger charge is -2.36. The number of carbonyl (C=O) groups is 2. The van der Waals surface area contributed by atoms with Gasteiger partial charge in [-0.1, -0.05) is 24.3 Å². The zero-order valence-electron chi connectivity index (χ0n) is 30.1. The second-order valence-corrected chi connectivity index (χ2v) is 14.4. The second-order valence-electron chi connectivity index (χ2n) is 14.4.